The summed E-state index contributed by atoms with van der Waals surface area (Å²) < 4.78 is 5.66. The lowest BCUT2D eigenvalue weighted by Crippen LogP contribution is -2.20. The van der Waals surface area contributed by atoms with Gasteiger partial charge in [0.25, 0.3) is 5.56 Å². The van der Waals surface area contributed by atoms with Crippen molar-refractivity contribution in [3.63, 3.8) is 0 Å². The van der Waals surface area contributed by atoms with Crippen molar-refractivity contribution in [2.24, 2.45) is 12.0 Å². The molecule has 0 aliphatic rings. The van der Waals surface area contributed by atoms with E-state index in [4.69, 9.17) is 4.99 Å². The van der Waals surface area contributed by atoms with Crippen molar-refractivity contribution in [3.05, 3.63) is 129 Å². The molecule has 2 aromatic heterocycles. The Labute approximate surface area is 212 Å². The first-order chi connectivity index (χ1) is 17.6. The van der Waals surface area contributed by atoms with Crippen LogP contribution in [0.25, 0.3) is 33.4 Å². The Kier molecular flexibility index (Phi) is 5.51. The number of para-hydroxylation sites is 2. The fourth-order valence-electron chi connectivity index (χ4n) is 4.54. The minimum Gasteiger partial charge on any atom is -0.285 e. The highest BCUT2D eigenvalue weighted by atomic mass is 32.1. The van der Waals surface area contributed by atoms with Gasteiger partial charge >= 0.3 is 0 Å². The Morgan fingerprint density at radius 3 is 2.11 bits per heavy atom. The zero-order valence-corrected chi connectivity index (χ0v) is 20.8. The zero-order chi connectivity index (χ0) is 24.6. The monoisotopic (exact) mass is 488 g/mol. The van der Waals surface area contributed by atoms with E-state index >= 15 is 0 Å². The molecule has 5 nitrogen and oxygen atoms in total. The maximum atomic E-state index is 13.5. The van der Waals surface area contributed by atoms with Crippen molar-refractivity contribution >= 4 is 27.8 Å². The summed E-state index contributed by atoms with van der Waals surface area (Å²) >= 11 is 1.53. The van der Waals surface area contributed by atoms with Gasteiger partial charge in [0, 0.05) is 23.7 Å². The SMILES string of the molecule is Cc1c(N=c2scc(-c3ccc4ccccc4c3)n2-c2ccccc2)c(=O)n(-c2ccccc2)n1C. The Morgan fingerprint density at radius 2 is 1.39 bits per heavy atom. The number of hydrogen-bond donors (Lipinski definition) is 0. The molecule has 4 aromatic carbocycles. The first-order valence-corrected chi connectivity index (χ1v) is 12.6. The van der Waals surface area contributed by atoms with Crippen LogP contribution in [0.15, 0.2) is 118 Å². The first-order valence-electron chi connectivity index (χ1n) is 11.8. The van der Waals surface area contributed by atoms with E-state index in [0.29, 0.717) is 5.69 Å². The average molecular weight is 489 g/mol. The van der Waals surface area contributed by atoms with Gasteiger partial charge in [-0.25, -0.2) is 9.67 Å². The quantitative estimate of drug-likeness (QED) is 0.284. The lowest BCUT2D eigenvalue weighted by molar-refractivity contribution is 0.630. The minimum atomic E-state index is -0.138. The van der Waals surface area contributed by atoms with Crippen molar-refractivity contribution in [2.45, 2.75) is 6.92 Å². The Morgan fingerprint density at radius 1 is 0.750 bits per heavy atom. The molecule has 0 amide bonds. The number of thiazole rings is 1. The van der Waals surface area contributed by atoms with Crippen molar-refractivity contribution in [1.29, 1.82) is 0 Å². The molecular weight excluding hydrogens is 464 g/mol. The molecule has 0 saturated carbocycles. The van der Waals surface area contributed by atoms with Gasteiger partial charge in [-0.05, 0) is 48.0 Å². The van der Waals surface area contributed by atoms with Gasteiger partial charge in [-0.3, -0.25) is 14.0 Å². The molecule has 0 radical (unpaired) electrons. The van der Waals surface area contributed by atoms with E-state index in [1.165, 1.54) is 22.1 Å². The highest BCUT2D eigenvalue weighted by molar-refractivity contribution is 7.07. The highest BCUT2D eigenvalue weighted by Gasteiger charge is 2.17. The standard InChI is InChI=1S/C30H24N4OS/c1-21-28(29(35)34(32(21)2)26-15-7-4-8-16-26)31-30-33(25-13-5-3-6-14-25)27(20-36-30)24-18-17-22-11-9-10-12-23(22)19-24/h3-20H,1-2H3. The van der Waals surface area contributed by atoms with E-state index < -0.39 is 0 Å². The summed E-state index contributed by atoms with van der Waals surface area (Å²) in [5.74, 6) is 0. The average Bonchev–Trinajstić information content (AvgIpc) is 3.44. The second kappa shape index (κ2) is 8.98. The van der Waals surface area contributed by atoms with Gasteiger partial charge in [-0.2, -0.15) is 0 Å². The molecule has 6 rings (SSSR count). The largest absolute Gasteiger partial charge is 0.297 e. The van der Waals surface area contributed by atoms with Gasteiger partial charge in [0.2, 0.25) is 0 Å². The summed E-state index contributed by atoms with van der Waals surface area (Å²) in [6.07, 6.45) is 0. The van der Waals surface area contributed by atoms with Crippen LogP contribution >= 0.6 is 11.3 Å². The molecule has 0 saturated heterocycles. The molecule has 2 heterocycles. The van der Waals surface area contributed by atoms with E-state index in [1.54, 1.807) is 4.68 Å². The number of hydrogen-bond acceptors (Lipinski definition) is 3. The second-order valence-electron chi connectivity index (χ2n) is 8.66. The molecule has 0 atom stereocenters. The van der Waals surface area contributed by atoms with E-state index in [0.717, 1.165) is 33.1 Å². The van der Waals surface area contributed by atoms with Crippen molar-refractivity contribution in [2.75, 3.05) is 0 Å². The highest BCUT2D eigenvalue weighted by Crippen LogP contribution is 2.27. The van der Waals surface area contributed by atoms with Crippen LogP contribution in [0.5, 0.6) is 0 Å². The summed E-state index contributed by atoms with van der Waals surface area (Å²) in [5.41, 5.74) is 5.06. The normalized spacial score (nSPS) is 11.9. The van der Waals surface area contributed by atoms with Gasteiger partial charge in [-0.15, -0.1) is 11.3 Å². The zero-order valence-electron chi connectivity index (χ0n) is 20.0. The Bertz CT molecular complexity index is 1820. The predicted octanol–water partition coefficient (Wildman–Crippen LogP) is 6.39. The first kappa shape index (κ1) is 22.1. The van der Waals surface area contributed by atoms with Gasteiger partial charge in [0.1, 0.15) is 0 Å². The summed E-state index contributed by atoms with van der Waals surface area (Å²) in [6.45, 7) is 1.93. The van der Waals surface area contributed by atoms with Crippen LogP contribution in [0.2, 0.25) is 0 Å². The Balaban J connectivity index is 1.59. The smallest absolute Gasteiger partial charge is 0.285 e. The molecule has 0 fully saturated rings. The molecule has 0 aliphatic heterocycles. The summed E-state index contributed by atoms with van der Waals surface area (Å²) in [5, 5.41) is 4.50. The number of benzene rings is 4. The van der Waals surface area contributed by atoms with Gasteiger partial charge in [-0.1, -0.05) is 72.8 Å². The molecule has 0 N–H and O–H groups in total. The maximum Gasteiger partial charge on any atom is 0.297 e. The van der Waals surface area contributed by atoms with E-state index in [-0.39, 0.29) is 5.56 Å². The van der Waals surface area contributed by atoms with Gasteiger partial charge in [0.15, 0.2) is 10.5 Å². The van der Waals surface area contributed by atoms with Crippen molar-refractivity contribution in [3.8, 4) is 22.6 Å². The molecule has 6 aromatic rings. The third-order valence-corrected chi connectivity index (χ3v) is 7.32. The second-order valence-corrected chi connectivity index (χ2v) is 9.49. The maximum absolute atomic E-state index is 13.5. The predicted molar refractivity (Wildman–Crippen MR) is 148 cm³/mol. The summed E-state index contributed by atoms with van der Waals surface area (Å²) in [4.78, 5) is 19.2. The number of rotatable bonds is 4. The van der Waals surface area contributed by atoms with Crippen LogP contribution in [-0.2, 0) is 7.05 Å². The van der Waals surface area contributed by atoms with E-state index in [2.05, 4.69) is 64.5 Å². The fraction of sp³-hybridized carbons (Fsp3) is 0.0667. The topological polar surface area (TPSA) is 44.2 Å². The summed E-state index contributed by atoms with van der Waals surface area (Å²) in [6, 6.07) is 34.7. The van der Waals surface area contributed by atoms with Crippen LogP contribution < -0.4 is 10.4 Å². The lowest BCUT2D eigenvalue weighted by atomic mass is 10.1. The van der Waals surface area contributed by atoms with Crippen LogP contribution in [-0.4, -0.2) is 13.9 Å². The number of fused-ring (bicyclic) bond motifs is 1. The van der Waals surface area contributed by atoms with Crippen molar-refractivity contribution < 1.29 is 0 Å². The molecule has 0 aliphatic carbocycles. The van der Waals surface area contributed by atoms with Crippen LogP contribution in [0, 0.1) is 6.92 Å². The number of nitrogens with zero attached hydrogens (tertiary/aromatic N) is 4. The van der Waals surface area contributed by atoms with Crippen LogP contribution in [0.1, 0.15) is 5.69 Å². The van der Waals surface area contributed by atoms with Crippen molar-refractivity contribution in [1.82, 2.24) is 13.9 Å². The van der Waals surface area contributed by atoms with E-state index in [1.807, 2.05) is 67.2 Å². The molecule has 6 heteroatoms. The molecular formula is C30H24N4OS. The van der Waals surface area contributed by atoms with Gasteiger partial charge in [0.05, 0.1) is 17.1 Å². The Hall–Kier alpha value is -4.42. The van der Waals surface area contributed by atoms with Crippen LogP contribution in [0.4, 0.5) is 5.69 Å². The molecule has 0 unspecified atom stereocenters. The third-order valence-electron chi connectivity index (χ3n) is 6.50. The number of aromatic nitrogens is 3. The van der Waals surface area contributed by atoms with E-state index in [9.17, 15) is 4.79 Å². The molecule has 176 valence electrons. The van der Waals surface area contributed by atoms with Crippen LogP contribution in [0.3, 0.4) is 0 Å². The fourth-order valence-corrected chi connectivity index (χ4v) is 5.46. The van der Waals surface area contributed by atoms with Gasteiger partial charge < -0.3 is 0 Å². The summed E-state index contributed by atoms with van der Waals surface area (Å²) in [7, 11) is 1.89. The minimum absolute atomic E-state index is 0.138. The lowest BCUT2D eigenvalue weighted by Gasteiger charge is -2.10. The third kappa shape index (κ3) is 3.72. The molecule has 0 spiro atoms. The molecule has 36 heavy (non-hydrogen) atoms. The molecule has 0 bridgehead atoms.